The van der Waals surface area contributed by atoms with Gasteiger partial charge >= 0.3 is 0 Å². The molecule has 1 atom stereocenters. The molecular weight excluding hydrogens is 188 g/mol. The van der Waals surface area contributed by atoms with Crippen molar-refractivity contribution in [2.75, 3.05) is 13.1 Å². The lowest BCUT2D eigenvalue weighted by molar-refractivity contribution is 0.0950. The molecule has 0 aromatic heterocycles. The van der Waals surface area contributed by atoms with Gasteiger partial charge in [0.05, 0.1) is 0 Å². The second-order valence-electron chi connectivity index (χ2n) is 3.87. The normalized spacial score (nSPS) is 20.1. The zero-order valence-electron chi connectivity index (χ0n) is 8.70. The quantitative estimate of drug-likeness (QED) is 0.776. The molecule has 15 heavy (non-hydrogen) atoms. The Bertz CT molecular complexity index is 318. The smallest absolute Gasteiger partial charge is 0.251 e. The molecule has 80 valence electrons. The molecule has 1 saturated heterocycles. The van der Waals surface area contributed by atoms with Gasteiger partial charge in [0.2, 0.25) is 0 Å². The second-order valence-corrected chi connectivity index (χ2v) is 3.87. The minimum absolute atomic E-state index is 0.0179. The summed E-state index contributed by atoms with van der Waals surface area (Å²) in [6, 6.07) is 9.79. The van der Waals surface area contributed by atoms with Crippen LogP contribution in [0.1, 0.15) is 23.2 Å². The van der Waals surface area contributed by atoms with Crippen molar-refractivity contribution in [3.05, 3.63) is 35.9 Å². The highest BCUT2D eigenvalue weighted by Crippen LogP contribution is 2.04. The molecule has 0 bridgehead atoms. The van der Waals surface area contributed by atoms with E-state index >= 15 is 0 Å². The summed E-state index contributed by atoms with van der Waals surface area (Å²) in [4.78, 5) is 11.7. The molecule has 1 aliphatic rings. The third-order valence-corrected chi connectivity index (χ3v) is 2.71. The molecule has 1 aromatic carbocycles. The van der Waals surface area contributed by atoms with Gasteiger partial charge < -0.3 is 10.6 Å². The van der Waals surface area contributed by atoms with Gasteiger partial charge in [0.1, 0.15) is 0 Å². The van der Waals surface area contributed by atoms with Crippen LogP contribution in [0, 0.1) is 0 Å². The highest BCUT2D eigenvalue weighted by atomic mass is 16.1. The minimum atomic E-state index is 0.0179. The lowest BCUT2D eigenvalue weighted by atomic mass is 10.2. The highest BCUT2D eigenvalue weighted by Gasteiger charge is 2.14. The molecule has 1 fully saturated rings. The van der Waals surface area contributed by atoms with E-state index in [9.17, 15) is 4.79 Å². The minimum Gasteiger partial charge on any atom is -0.350 e. The first-order chi connectivity index (χ1) is 7.36. The molecule has 1 amide bonds. The SMILES string of the molecule is O=C(NCC1CCCN1)c1ccccc1. The van der Waals surface area contributed by atoms with E-state index in [1.807, 2.05) is 30.3 Å². The standard InChI is InChI=1S/C12H16N2O/c15-12(10-5-2-1-3-6-10)14-9-11-7-4-8-13-11/h1-3,5-6,11,13H,4,7-9H2,(H,14,15). The van der Waals surface area contributed by atoms with Gasteiger partial charge in [0.25, 0.3) is 5.91 Å². The van der Waals surface area contributed by atoms with Crippen LogP contribution in [0.25, 0.3) is 0 Å². The fourth-order valence-corrected chi connectivity index (χ4v) is 1.84. The summed E-state index contributed by atoms with van der Waals surface area (Å²) in [6.45, 7) is 1.81. The summed E-state index contributed by atoms with van der Waals surface area (Å²) in [7, 11) is 0. The number of amides is 1. The number of hydrogen-bond donors (Lipinski definition) is 2. The fourth-order valence-electron chi connectivity index (χ4n) is 1.84. The van der Waals surface area contributed by atoms with Gasteiger partial charge in [-0.15, -0.1) is 0 Å². The van der Waals surface area contributed by atoms with Gasteiger partial charge in [0.15, 0.2) is 0 Å². The van der Waals surface area contributed by atoms with Crippen molar-refractivity contribution in [1.82, 2.24) is 10.6 Å². The molecule has 0 radical (unpaired) electrons. The van der Waals surface area contributed by atoms with Crippen LogP contribution in [-0.4, -0.2) is 25.0 Å². The summed E-state index contributed by atoms with van der Waals surface area (Å²) < 4.78 is 0. The van der Waals surface area contributed by atoms with Crippen molar-refractivity contribution in [2.24, 2.45) is 0 Å². The maximum Gasteiger partial charge on any atom is 0.251 e. The zero-order valence-corrected chi connectivity index (χ0v) is 8.70. The maximum absolute atomic E-state index is 11.7. The van der Waals surface area contributed by atoms with Gasteiger partial charge in [-0.25, -0.2) is 0 Å². The Balaban J connectivity index is 1.82. The average Bonchev–Trinajstić information content (AvgIpc) is 2.80. The van der Waals surface area contributed by atoms with E-state index in [0.29, 0.717) is 6.04 Å². The Morgan fingerprint density at radius 1 is 1.40 bits per heavy atom. The van der Waals surface area contributed by atoms with Crippen LogP contribution in [0.4, 0.5) is 0 Å². The summed E-state index contributed by atoms with van der Waals surface area (Å²) >= 11 is 0. The molecule has 1 heterocycles. The van der Waals surface area contributed by atoms with Gasteiger partial charge in [-0.3, -0.25) is 4.79 Å². The van der Waals surface area contributed by atoms with Crippen LogP contribution in [0.5, 0.6) is 0 Å². The monoisotopic (exact) mass is 204 g/mol. The molecule has 1 unspecified atom stereocenters. The number of rotatable bonds is 3. The van der Waals surface area contributed by atoms with Gasteiger partial charge in [0, 0.05) is 18.2 Å². The predicted molar refractivity (Wildman–Crippen MR) is 59.8 cm³/mol. The van der Waals surface area contributed by atoms with E-state index in [-0.39, 0.29) is 5.91 Å². The van der Waals surface area contributed by atoms with Crippen LogP contribution in [0.3, 0.4) is 0 Å². The number of hydrogen-bond acceptors (Lipinski definition) is 2. The van der Waals surface area contributed by atoms with Gasteiger partial charge in [-0.1, -0.05) is 18.2 Å². The fraction of sp³-hybridized carbons (Fsp3) is 0.417. The Kier molecular flexibility index (Phi) is 3.35. The first-order valence-corrected chi connectivity index (χ1v) is 5.43. The van der Waals surface area contributed by atoms with Crippen molar-refractivity contribution in [3.63, 3.8) is 0 Å². The van der Waals surface area contributed by atoms with Crippen LogP contribution >= 0.6 is 0 Å². The summed E-state index contributed by atoms with van der Waals surface area (Å²) in [5.41, 5.74) is 0.732. The van der Waals surface area contributed by atoms with Crippen molar-refractivity contribution in [3.8, 4) is 0 Å². The van der Waals surface area contributed by atoms with Crippen molar-refractivity contribution < 1.29 is 4.79 Å². The van der Waals surface area contributed by atoms with Crippen molar-refractivity contribution >= 4 is 5.91 Å². The number of carbonyl (C=O) groups excluding carboxylic acids is 1. The molecule has 0 spiro atoms. The summed E-state index contributed by atoms with van der Waals surface area (Å²) in [5.74, 6) is 0.0179. The van der Waals surface area contributed by atoms with Crippen LogP contribution in [0.15, 0.2) is 30.3 Å². The maximum atomic E-state index is 11.7. The number of carbonyl (C=O) groups is 1. The molecule has 1 aromatic rings. The zero-order chi connectivity index (χ0) is 10.5. The molecule has 0 saturated carbocycles. The van der Waals surface area contributed by atoms with E-state index in [1.54, 1.807) is 0 Å². The molecule has 2 rings (SSSR count). The third kappa shape index (κ3) is 2.80. The lowest BCUT2D eigenvalue weighted by Crippen LogP contribution is -2.37. The van der Waals surface area contributed by atoms with E-state index in [2.05, 4.69) is 10.6 Å². The summed E-state index contributed by atoms with van der Waals surface area (Å²) in [6.07, 6.45) is 2.38. The Labute approximate surface area is 89.9 Å². The molecule has 2 N–H and O–H groups in total. The molecule has 3 nitrogen and oxygen atoms in total. The molecule has 0 aliphatic carbocycles. The van der Waals surface area contributed by atoms with Crippen LogP contribution < -0.4 is 10.6 Å². The van der Waals surface area contributed by atoms with Crippen molar-refractivity contribution in [2.45, 2.75) is 18.9 Å². The number of nitrogens with one attached hydrogen (secondary N) is 2. The molecule has 3 heteroatoms. The van der Waals surface area contributed by atoms with E-state index in [4.69, 9.17) is 0 Å². The average molecular weight is 204 g/mol. The van der Waals surface area contributed by atoms with Crippen LogP contribution in [-0.2, 0) is 0 Å². The van der Waals surface area contributed by atoms with Gasteiger partial charge in [-0.2, -0.15) is 0 Å². The Hall–Kier alpha value is -1.35. The Morgan fingerprint density at radius 3 is 2.87 bits per heavy atom. The first kappa shape index (κ1) is 10.2. The van der Waals surface area contributed by atoms with Gasteiger partial charge in [-0.05, 0) is 31.5 Å². The summed E-state index contributed by atoms with van der Waals surface area (Å²) in [5, 5.41) is 6.29. The predicted octanol–water partition coefficient (Wildman–Crippen LogP) is 1.17. The lowest BCUT2D eigenvalue weighted by Gasteiger charge is -2.11. The third-order valence-electron chi connectivity index (χ3n) is 2.71. The van der Waals surface area contributed by atoms with E-state index < -0.39 is 0 Å². The highest BCUT2D eigenvalue weighted by molar-refractivity contribution is 5.94. The largest absolute Gasteiger partial charge is 0.350 e. The topological polar surface area (TPSA) is 41.1 Å². The number of benzene rings is 1. The first-order valence-electron chi connectivity index (χ1n) is 5.43. The molecule has 1 aliphatic heterocycles. The van der Waals surface area contributed by atoms with E-state index in [0.717, 1.165) is 25.1 Å². The second kappa shape index (κ2) is 4.94. The van der Waals surface area contributed by atoms with Crippen LogP contribution in [0.2, 0.25) is 0 Å². The molecular formula is C12H16N2O. The van der Waals surface area contributed by atoms with Crippen molar-refractivity contribution in [1.29, 1.82) is 0 Å². The Morgan fingerprint density at radius 2 is 2.20 bits per heavy atom. The van der Waals surface area contributed by atoms with E-state index in [1.165, 1.54) is 6.42 Å².